The maximum atomic E-state index is 14.6. The fraction of sp³-hybridized carbons (Fsp3) is 0.353. The van der Waals surface area contributed by atoms with Gasteiger partial charge in [-0.1, -0.05) is 60.7 Å². The number of aliphatic carboxylic acids is 1. The van der Waals surface area contributed by atoms with Gasteiger partial charge in [0.25, 0.3) is 5.91 Å². The summed E-state index contributed by atoms with van der Waals surface area (Å²) in [5, 5.41) is 9.70. The number of hydrogen-bond acceptors (Lipinski definition) is 5. The number of nitrogens with zero attached hydrogens (tertiary/aromatic N) is 3. The van der Waals surface area contributed by atoms with Crippen molar-refractivity contribution in [2.24, 2.45) is 0 Å². The van der Waals surface area contributed by atoms with Gasteiger partial charge in [-0.15, -0.1) is 0 Å². The lowest BCUT2D eigenvalue weighted by molar-refractivity contribution is -0.143. The van der Waals surface area contributed by atoms with Crippen molar-refractivity contribution >= 4 is 35.3 Å². The molecule has 3 unspecified atom stereocenters. The van der Waals surface area contributed by atoms with Crippen LogP contribution < -0.4 is 9.80 Å². The minimum absolute atomic E-state index is 0.196. The van der Waals surface area contributed by atoms with E-state index in [9.17, 15) is 24.3 Å². The summed E-state index contributed by atoms with van der Waals surface area (Å²) in [6.07, 6.45) is 0.182. The summed E-state index contributed by atoms with van der Waals surface area (Å²) in [4.78, 5) is 59.0. The van der Waals surface area contributed by atoms with Crippen molar-refractivity contribution in [2.75, 3.05) is 9.80 Å². The molecule has 0 spiro atoms. The topological polar surface area (TPSA) is 107 Å². The fourth-order valence-corrected chi connectivity index (χ4v) is 6.56. The van der Waals surface area contributed by atoms with Crippen LogP contribution in [0.15, 0.2) is 72.8 Å². The second-order valence-electron chi connectivity index (χ2n) is 12.4. The predicted octanol–water partition coefficient (Wildman–Crippen LogP) is 4.74. The Labute approximate surface area is 250 Å². The number of carbonyl (C=O) groups excluding carboxylic acids is 3. The van der Waals surface area contributed by atoms with Gasteiger partial charge in [0, 0.05) is 31.1 Å². The molecule has 3 aromatic carbocycles. The van der Waals surface area contributed by atoms with Crippen LogP contribution in [0.2, 0.25) is 0 Å². The molecule has 9 heteroatoms. The van der Waals surface area contributed by atoms with Crippen LogP contribution in [0, 0.1) is 0 Å². The third kappa shape index (κ3) is 5.35. The smallest absolute Gasteiger partial charge is 0.415 e. The SMILES string of the molecule is CC(C)(C)OC(=O)N1c2ccccc2CC1C(=O)N1c2ccccc2CC1C(=O)N1Cc2ccccc2CC1CC(=O)O. The Hall–Kier alpha value is -4.66. The number of rotatable bonds is 4. The first-order chi connectivity index (χ1) is 20.5. The molecule has 0 aliphatic carbocycles. The van der Waals surface area contributed by atoms with Crippen LogP contribution in [-0.2, 0) is 44.9 Å². The van der Waals surface area contributed by atoms with Gasteiger partial charge in [-0.05, 0) is 61.6 Å². The maximum Gasteiger partial charge on any atom is 0.415 e. The summed E-state index contributed by atoms with van der Waals surface area (Å²) in [6.45, 7) is 5.60. The van der Waals surface area contributed by atoms with Crippen molar-refractivity contribution in [1.82, 2.24) is 4.90 Å². The molecule has 6 rings (SSSR count). The zero-order chi connectivity index (χ0) is 30.5. The molecule has 0 radical (unpaired) electrons. The molecular weight excluding hydrogens is 546 g/mol. The van der Waals surface area contributed by atoms with Gasteiger partial charge in [0.1, 0.15) is 17.7 Å². The Morgan fingerprint density at radius 3 is 1.81 bits per heavy atom. The van der Waals surface area contributed by atoms with Crippen LogP contribution in [-0.4, -0.2) is 57.6 Å². The number of benzene rings is 3. The molecule has 222 valence electrons. The molecule has 0 saturated heterocycles. The number of ether oxygens (including phenoxy) is 1. The third-order valence-corrected chi connectivity index (χ3v) is 8.40. The number of para-hydroxylation sites is 2. The number of hydrogen-bond donors (Lipinski definition) is 1. The van der Waals surface area contributed by atoms with Gasteiger partial charge in [0.05, 0.1) is 12.1 Å². The number of amides is 3. The van der Waals surface area contributed by atoms with Gasteiger partial charge in [-0.25, -0.2) is 4.79 Å². The van der Waals surface area contributed by atoms with E-state index >= 15 is 0 Å². The Morgan fingerprint density at radius 2 is 1.23 bits per heavy atom. The number of carboxylic acid groups (broad SMARTS) is 1. The molecule has 3 aromatic rings. The summed E-state index contributed by atoms with van der Waals surface area (Å²) in [7, 11) is 0. The lowest BCUT2D eigenvalue weighted by atomic mass is 9.91. The Kier molecular flexibility index (Phi) is 7.20. The monoisotopic (exact) mass is 581 g/mol. The normalized spacial score (nSPS) is 20.7. The quantitative estimate of drug-likeness (QED) is 0.477. The number of anilines is 2. The Morgan fingerprint density at radius 1 is 0.721 bits per heavy atom. The molecule has 0 fully saturated rings. The van der Waals surface area contributed by atoms with Crippen LogP contribution in [0.4, 0.5) is 16.2 Å². The van der Waals surface area contributed by atoms with Crippen LogP contribution >= 0.6 is 0 Å². The molecule has 3 heterocycles. The highest BCUT2D eigenvalue weighted by molar-refractivity contribution is 6.11. The highest BCUT2D eigenvalue weighted by atomic mass is 16.6. The standard InChI is InChI=1S/C34H35N3O6/c1-34(2,3)43-33(42)37-27-15-9-7-12-23(27)18-29(37)32(41)36-26-14-8-6-11-22(26)17-28(36)31(40)35-20-24-13-5-4-10-21(24)16-25(35)19-30(38)39/h4-15,25,28-29H,16-20H2,1-3H3,(H,38,39). The minimum Gasteiger partial charge on any atom is -0.481 e. The highest BCUT2D eigenvalue weighted by Gasteiger charge is 2.48. The van der Waals surface area contributed by atoms with Gasteiger partial charge in [0.15, 0.2) is 0 Å². The van der Waals surface area contributed by atoms with Crippen LogP contribution in [0.5, 0.6) is 0 Å². The Balaban J connectivity index is 1.37. The van der Waals surface area contributed by atoms with E-state index in [-0.39, 0.29) is 31.2 Å². The van der Waals surface area contributed by atoms with E-state index in [4.69, 9.17) is 4.74 Å². The lowest BCUT2D eigenvalue weighted by Crippen LogP contribution is -2.58. The van der Waals surface area contributed by atoms with Crippen molar-refractivity contribution in [1.29, 1.82) is 0 Å². The predicted molar refractivity (Wildman–Crippen MR) is 161 cm³/mol. The first kappa shape index (κ1) is 28.5. The van der Waals surface area contributed by atoms with Crippen molar-refractivity contribution in [3.05, 3.63) is 95.1 Å². The summed E-state index contributed by atoms with van der Waals surface area (Å²) in [5.41, 5.74) is 4.14. The maximum absolute atomic E-state index is 14.6. The molecule has 1 N–H and O–H groups in total. The van der Waals surface area contributed by atoms with Crippen molar-refractivity contribution < 1.29 is 29.0 Å². The van der Waals surface area contributed by atoms with Crippen LogP contribution in [0.25, 0.3) is 0 Å². The summed E-state index contributed by atoms with van der Waals surface area (Å²) < 4.78 is 5.73. The first-order valence-corrected chi connectivity index (χ1v) is 14.6. The van der Waals surface area contributed by atoms with E-state index in [0.717, 1.165) is 22.3 Å². The lowest BCUT2D eigenvalue weighted by Gasteiger charge is -2.40. The van der Waals surface area contributed by atoms with E-state index in [2.05, 4.69) is 0 Å². The van der Waals surface area contributed by atoms with Crippen molar-refractivity contribution in [3.63, 3.8) is 0 Å². The van der Waals surface area contributed by atoms with E-state index in [1.54, 1.807) is 31.7 Å². The number of carbonyl (C=O) groups is 4. The fourth-order valence-electron chi connectivity index (χ4n) is 6.56. The molecule has 0 aromatic heterocycles. The average molecular weight is 582 g/mol. The first-order valence-electron chi connectivity index (χ1n) is 14.6. The van der Waals surface area contributed by atoms with Gasteiger partial charge >= 0.3 is 12.1 Å². The second kappa shape index (κ2) is 10.9. The largest absolute Gasteiger partial charge is 0.481 e. The van der Waals surface area contributed by atoms with Crippen LogP contribution in [0.3, 0.4) is 0 Å². The summed E-state index contributed by atoms with van der Waals surface area (Å²) in [5.74, 6) is -1.66. The van der Waals surface area contributed by atoms with E-state index in [0.29, 0.717) is 24.2 Å². The molecule has 43 heavy (non-hydrogen) atoms. The van der Waals surface area contributed by atoms with Crippen molar-refractivity contribution in [2.45, 2.75) is 76.7 Å². The summed E-state index contributed by atoms with van der Waals surface area (Å²) >= 11 is 0. The van der Waals surface area contributed by atoms with Gasteiger partial charge < -0.3 is 14.7 Å². The average Bonchev–Trinajstić information content (AvgIpc) is 3.54. The highest BCUT2D eigenvalue weighted by Crippen LogP contribution is 2.39. The van der Waals surface area contributed by atoms with Gasteiger partial charge in [0.2, 0.25) is 5.91 Å². The molecule has 3 amide bonds. The second-order valence-corrected chi connectivity index (χ2v) is 12.4. The van der Waals surface area contributed by atoms with Crippen molar-refractivity contribution in [3.8, 4) is 0 Å². The van der Waals surface area contributed by atoms with Gasteiger partial charge in [-0.2, -0.15) is 0 Å². The van der Waals surface area contributed by atoms with Gasteiger partial charge in [-0.3, -0.25) is 24.2 Å². The molecule has 3 aliphatic rings. The molecule has 3 aliphatic heterocycles. The van der Waals surface area contributed by atoms with E-state index < -0.39 is 35.8 Å². The molecule has 0 saturated carbocycles. The van der Waals surface area contributed by atoms with Crippen LogP contribution in [0.1, 0.15) is 49.4 Å². The van der Waals surface area contributed by atoms with E-state index in [1.165, 1.54) is 9.80 Å². The molecule has 0 bridgehead atoms. The number of carboxylic acids is 1. The zero-order valence-corrected chi connectivity index (χ0v) is 24.5. The molecular formula is C34H35N3O6. The third-order valence-electron chi connectivity index (χ3n) is 8.40. The molecule has 3 atom stereocenters. The van der Waals surface area contributed by atoms with E-state index in [1.807, 2.05) is 66.7 Å². The zero-order valence-electron chi connectivity index (χ0n) is 24.5. The molecule has 9 nitrogen and oxygen atoms in total. The minimum atomic E-state index is -0.985. The number of fused-ring (bicyclic) bond motifs is 3. The summed E-state index contributed by atoms with van der Waals surface area (Å²) in [6, 6.07) is 20.2. The Bertz CT molecular complexity index is 1610.